The number of hydrogen-bond donors (Lipinski definition) is 1. The predicted molar refractivity (Wildman–Crippen MR) is 130 cm³/mol. The smallest absolute Gasteiger partial charge is 0.310 e. The summed E-state index contributed by atoms with van der Waals surface area (Å²) in [6.07, 6.45) is 10.7. The number of aliphatic carboxylic acids is 1. The van der Waals surface area contributed by atoms with Crippen molar-refractivity contribution in [2.75, 3.05) is 26.2 Å². The van der Waals surface area contributed by atoms with E-state index in [1.165, 1.54) is 54.4 Å². The lowest BCUT2D eigenvalue weighted by molar-refractivity contribution is -0.145. The predicted octanol–water partition coefficient (Wildman–Crippen LogP) is 5.58. The molecule has 33 heavy (non-hydrogen) atoms. The van der Waals surface area contributed by atoms with Crippen molar-refractivity contribution in [1.29, 1.82) is 0 Å². The summed E-state index contributed by atoms with van der Waals surface area (Å²) in [4.78, 5) is 13.9. The van der Waals surface area contributed by atoms with E-state index in [1.54, 1.807) is 0 Å². The minimum Gasteiger partial charge on any atom is -0.493 e. The second kappa shape index (κ2) is 8.16. The van der Waals surface area contributed by atoms with Crippen LogP contribution >= 0.6 is 0 Å². The number of nitrogens with zero attached hydrogens (tertiary/aromatic N) is 1. The average molecular weight is 446 g/mol. The molecule has 0 atom stereocenters. The van der Waals surface area contributed by atoms with Crippen molar-refractivity contribution in [3.05, 3.63) is 53.6 Å². The van der Waals surface area contributed by atoms with Gasteiger partial charge < -0.3 is 14.7 Å². The van der Waals surface area contributed by atoms with Gasteiger partial charge in [-0.15, -0.1) is 0 Å². The standard InChI is InChI=1S/C29H35NO3/c31-27(32)29(12-13-29)20-30-18-28(19-30)15-24-7-6-23(14-25(24)16-28)22-8-10-26(11-9-22)33-17-21-4-2-1-3-5-21/h6-11,14,21H,1-5,12-13,15-20H2,(H,31,32). The van der Waals surface area contributed by atoms with Crippen LogP contribution in [0.2, 0.25) is 0 Å². The maximum absolute atomic E-state index is 11.5. The summed E-state index contributed by atoms with van der Waals surface area (Å²) < 4.78 is 6.08. The van der Waals surface area contributed by atoms with Crippen molar-refractivity contribution in [1.82, 2.24) is 4.90 Å². The maximum atomic E-state index is 11.5. The van der Waals surface area contributed by atoms with Gasteiger partial charge in [0.05, 0.1) is 12.0 Å². The fourth-order valence-electron chi connectivity index (χ4n) is 6.58. The summed E-state index contributed by atoms with van der Waals surface area (Å²) in [5.41, 5.74) is 5.37. The number of fused-ring (bicyclic) bond motifs is 1. The van der Waals surface area contributed by atoms with E-state index in [-0.39, 0.29) is 0 Å². The molecule has 0 bridgehead atoms. The lowest BCUT2D eigenvalue weighted by atomic mass is 9.76. The molecule has 3 aliphatic carbocycles. The monoisotopic (exact) mass is 445 g/mol. The van der Waals surface area contributed by atoms with Crippen LogP contribution in [0.15, 0.2) is 42.5 Å². The number of carbonyl (C=O) groups is 1. The molecule has 4 heteroatoms. The zero-order valence-electron chi connectivity index (χ0n) is 19.5. The van der Waals surface area contributed by atoms with Crippen molar-refractivity contribution < 1.29 is 14.6 Å². The van der Waals surface area contributed by atoms with E-state index < -0.39 is 11.4 Å². The number of benzene rings is 2. The molecule has 1 spiro atoms. The van der Waals surface area contributed by atoms with E-state index in [0.29, 0.717) is 5.41 Å². The Morgan fingerprint density at radius 3 is 2.33 bits per heavy atom. The molecular weight excluding hydrogens is 410 g/mol. The van der Waals surface area contributed by atoms with Gasteiger partial charge in [0.15, 0.2) is 0 Å². The zero-order chi connectivity index (χ0) is 22.5. The van der Waals surface area contributed by atoms with Crippen molar-refractivity contribution in [2.45, 2.75) is 57.8 Å². The van der Waals surface area contributed by atoms with Gasteiger partial charge in [0.1, 0.15) is 5.75 Å². The Morgan fingerprint density at radius 1 is 0.939 bits per heavy atom. The third-order valence-electron chi connectivity index (χ3n) is 8.69. The molecule has 174 valence electrons. The van der Waals surface area contributed by atoms with Crippen LogP contribution in [0.25, 0.3) is 11.1 Å². The summed E-state index contributed by atoms with van der Waals surface area (Å²) in [7, 11) is 0. The summed E-state index contributed by atoms with van der Waals surface area (Å²) in [6.45, 7) is 3.67. The molecule has 1 heterocycles. The molecule has 0 unspecified atom stereocenters. The zero-order valence-corrected chi connectivity index (χ0v) is 19.5. The van der Waals surface area contributed by atoms with E-state index in [1.807, 2.05) is 0 Å². The number of hydrogen-bond acceptors (Lipinski definition) is 3. The summed E-state index contributed by atoms with van der Waals surface area (Å²) in [6, 6.07) is 15.6. The van der Waals surface area contributed by atoms with Crippen LogP contribution in [0.3, 0.4) is 0 Å². The summed E-state index contributed by atoms with van der Waals surface area (Å²) in [5, 5.41) is 9.48. The van der Waals surface area contributed by atoms with Gasteiger partial charge in [0, 0.05) is 25.0 Å². The third kappa shape index (κ3) is 4.19. The van der Waals surface area contributed by atoms with E-state index in [4.69, 9.17) is 4.74 Å². The highest BCUT2D eigenvalue weighted by Gasteiger charge is 2.55. The lowest BCUT2D eigenvalue weighted by Gasteiger charge is -2.49. The highest BCUT2D eigenvalue weighted by atomic mass is 16.5. The Balaban J connectivity index is 1.06. The van der Waals surface area contributed by atoms with Crippen LogP contribution in [-0.4, -0.2) is 42.2 Å². The molecule has 1 aliphatic heterocycles. The summed E-state index contributed by atoms with van der Waals surface area (Å²) in [5.74, 6) is 1.10. The van der Waals surface area contributed by atoms with Crippen LogP contribution in [0.5, 0.6) is 5.75 Å². The number of ether oxygens (including phenoxy) is 1. The number of rotatable bonds is 7. The van der Waals surface area contributed by atoms with E-state index in [0.717, 1.165) is 63.6 Å². The van der Waals surface area contributed by atoms with Gasteiger partial charge in [-0.1, -0.05) is 49.6 Å². The minimum atomic E-state index is -0.604. The lowest BCUT2D eigenvalue weighted by Crippen LogP contribution is -2.58. The molecule has 0 amide bonds. The van der Waals surface area contributed by atoms with Gasteiger partial charge in [-0.25, -0.2) is 0 Å². The first kappa shape index (κ1) is 21.2. The summed E-state index contributed by atoms with van der Waals surface area (Å²) >= 11 is 0. The molecule has 4 nitrogen and oxygen atoms in total. The second-order valence-corrected chi connectivity index (χ2v) is 11.4. The SMILES string of the molecule is O=C(O)C1(CN2CC3(Cc4ccc(-c5ccc(OCC6CCCCC6)cc5)cc4C3)C2)CC1. The number of carboxylic acids is 1. The molecule has 3 fully saturated rings. The van der Waals surface area contributed by atoms with Gasteiger partial charge in [0.2, 0.25) is 0 Å². The maximum Gasteiger partial charge on any atom is 0.310 e. The topological polar surface area (TPSA) is 49.8 Å². The molecule has 1 N–H and O–H groups in total. The normalized spacial score (nSPS) is 23.2. The minimum absolute atomic E-state index is 0.326. The molecule has 2 aromatic carbocycles. The Bertz CT molecular complexity index is 1030. The first-order valence-electron chi connectivity index (χ1n) is 12.8. The third-order valence-corrected chi connectivity index (χ3v) is 8.69. The van der Waals surface area contributed by atoms with Crippen molar-refractivity contribution in [3.63, 3.8) is 0 Å². The van der Waals surface area contributed by atoms with Crippen molar-refractivity contribution in [2.24, 2.45) is 16.7 Å². The van der Waals surface area contributed by atoms with E-state index >= 15 is 0 Å². The van der Waals surface area contributed by atoms with Crippen LogP contribution in [0, 0.1) is 16.7 Å². The van der Waals surface area contributed by atoms with Crippen LogP contribution in [0.1, 0.15) is 56.1 Å². The fourth-order valence-corrected chi connectivity index (χ4v) is 6.58. The molecular formula is C29H35NO3. The van der Waals surface area contributed by atoms with Gasteiger partial charge in [0.25, 0.3) is 0 Å². The largest absolute Gasteiger partial charge is 0.493 e. The Morgan fingerprint density at radius 2 is 1.64 bits per heavy atom. The second-order valence-electron chi connectivity index (χ2n) is 11.4. The van der Waals surface area contributed by atoms with E-state index in [2.05, 4.69) is 47.4 Å². The van der Waals surface area contributed by atoms with Crippen LogP contribution in [0.4, 0.5) is 0 Å². The molecule has 4 aliphatic rings. The first-order valence-corrected chi connectivity index (χ1v) is 12.8. The van der Waals surface area contributed by atoms with Crippen LogP contribution in [-0.2, 0) is 17.6 Å². The Kier molecular flexibility index (Phi) is 5.25. The molecule has 0 aromatic heterocycles. The quantitative estimate of drug-likeness (QED) is 0.605. The van der Waals surface area contributed by atoms with Crippen molar-refractivity contribution in [3.8, 4) is 16.9 Å². The Labute approximate surface area is 196 Å². The van der Waals surface area contributed by atoms with Gasteiger partial charge in [-0.2, -0.15) is 0 Å². The molecule has 0 radical (unpaired) electrons. The van der Waals surface area contributed by atoms with Crippen LogP contribution < -0.4 is 4.74 Å². The molecule has 2 aromatic rings. The fraction of sp³-hybridized carbons (Fsp3) is 0.552. The highest BCUT2D eigenvalue weighted by molar-refractivity contribution is 5.78. The molecule has 1 saturated heterocycles. The van der Waals surface area contributed by atoms with Gasteiger partial charge in [-0.3, -0.25) is 4.79 Å². The van der Waals surface area contributed by atoms with E-state index in [9.17, 15) is 9.90 Å². The molecule has 6 rings (SSSR count). The van der Waals surface area contributed by atoms with Crippen molar-refractivity contribution >= 4 is 5.97 Å². The Hall–Kier alpha value is -2.33. The average Bonchev–Trinajstić information content (AvgIpc) is 3.50. The highest BCUT2D eigenvalue weighted by Crippen LogP contribution is 2.51. The molecule has 2 saturated carbocycles. The first-order chi connectivity index (χ1) is 16.0. The number of likely N-dealkylation sites (tertiary alicyclic amines) is 1. The number of carboxylic acid groups (broad SMARTS) is 1. The van der Waals surface area contributed by atoms with Gasteiger partial charge >= 0.3 is 5.97 Å². The van der Waals surface area contributed by atoms with Gasteiger partial charge in [-0.05, 0) is 78.8 Å².